The fourth-order valence-corrected chi connectivity index (χ4v) is 7.96. The number of hydrogen-bond donors (Lipinski definition) is 3. The number of phenols is 2. The molecule has 1 amide bonds. The summed E-state index contributed by atoms with van der Waals surface area (Å²) in [6.07, 6.45) is 0. The van der Waals surface area contributed by atoms with Gasteiger partial charge in [0.15, 0.2) is 47.3 Å². The van der Waals surface area contributed by atoms with E-state index in [0.29, 0.717) is 46.1 Å². The Kier molecular flexibility index (Phi) is 17.1. The molecule has 0 atom stereocenters. The molecule has 8 rings (SSSR count). The number of nitrogens with one attached hydrogen (secondary N) is 1. The summed E-state index contributed by atoms with van der Waals surface area (Å²) in [4.78, 5) is 60.6. The molecule has 0 aliphatic carbocycles. The number of aromatic nitrogens is 6. The first-order valence-electron chi connectivity index (χ1n) is 23.7. The first-order chi connectivity index (χ1) is 34.9. The van der Waals surface area contributed by atoms with Crippen LogP contribution in [0.25, 0.3) is 68.3 Å². The van der Waals surface area contributed by atoms with E-state index in [1.165, 1.54) is 24.1 Å². The van der Waals surface area contributed by atoms with Crippen LogP contribution >= 0.6 is 0 Å². The largest absolute Gasteiger partial charge is 0.507 e. The lowest BCUT2D eigenvalue weighted by Crippen LogP contribution is -2.31. The van der Waals surface area contributed by atoms with Gasteiger partial charge in [0.25, 0.3) is 5.91 Å². The van der Waals surface area contributed by atoms with Crippen LogP contribution in [0.3, 0.4) is 0 Å². The molecule has 2 aromatic heterocycles. The van der Waals surface area contributed by atoms with Gasteiger partial charge in [-0.15, -0.1) is 0 Å². The van der Waals surface area contributed by atoms with Gasteiger partial charge >= 0.3 is 0 Å². The predicted octanol–water partition coefficient (Wildman–Crippen LogP) is 10.9. The van der Waals surface area contributed by atoms with Crippen molar-refractivity contribution in [2.45, 2.75) is 69.2 Å². The van der Waals surface area contributed by atoms with Crippen molar-refractivity contribution in [3.05, 3.63) is 159 Å². The van der Waals surface area contributed by atoms with Gasteiger partial charge in [-0.05, 0) is 121 Å². The summed E-state index contributed by atoms with van der Waals surface area (Å²) >= 11 is 0. The minimum Gasteiger partial charge on any atom is -0.507 e. The standard InChI is InChI=1S/C32H34N4O7.C26H25N3O/c1-19-6-9-25(21(3)14-19)30-34-31(26-10-7-20(2)15-22(26)4)36-32(35-30)27-11-8-24(16-28(27)38)40-18-29(39)33-12-13-41-43-42-17-23(5)37;1-15-6-9-20(18(4)12-15)24-27-25(21-10-7-16(2)13-19(21)5)29-26(28-24)22-11-8-17(3)14-23(22)30/h6-11,14-16,38H,12-13,17-18H2,1-5H3,(H,33,39);6-14,30H,1-5H3. The fraction of sp³-hybridized carbons (Fsp3) is 0.241. The number of carbonyl (C=O) groups is 2. The summed E-state index contributed by atoms with van der Waals surface area (Å²) < 4.78 is 5.54. The summed E-state index contributed by atoms with van der Waals surface area (Å²) in [5, 5.41) is 28.4. The van der Waals surface area contributed by atoms with Crippen molar-refractivity contribution in [1.82, 2.24) is 35.2 Å². The smallest absolute Gasteiger partial charge is 0.258 e. The molecule has 0 aliphatic rings. The summed E-state index contributed by atoms with van der Waals surface area (Å²) in [5.41, 5.74) is 14.5. The van der Waals surface area contributed by atoms with Crippen molar-refractivity contribution >= 4 is 11.7 Å². The second-order valence-corrected chi connectivity index (χ2v) is 18.1. The Morgan fingerprint density at radius 3 is 1.14 bits per heavy atom. The number of aryl methyl sites for hydroxylation is 9. The summed E-state index contributed by atoms with van der Waals surface area (Å²) in [7, 11) is 0. The zero-order chi connectivity index (χ0) is 52.3. The highest BCUT2D eigenvalue weighted by molar-refractivity contribution is 5.78. The van der Waals surface area contributed by atoms with E-state index in [-0.39, 0.29) is 49.4 Å². The van der Waals surface area contributed by atoms with E-state index in [1.54, 1.807) is 18.2 Å². The van der Waals surface area contributed by atoms with Crippen molar-refractivity contribution < 1.29 is 39.4 Å². The Hall–Kier alpha value is -8.24. The maximum Gasteiger partial charge on any atom is 0.258 e. The van der Waals surface area contributed by atoms with Gasteiger partial charge in [-0.2, -0.15) is 4.89 Å². The van der Waals surface area contributed by atoms with Gasteiger partial charge in [-0.3, -0.25) is 9.59 Å². The van der Waals surface area contributed by atoms with Crippen LogP contribution in [-0.4, -0.2) is 78.2 Å². The van der Waals surface area contributed by atoms with Crippen LogP contribution in [0.4, 0.5) is 0 Å². The van der Waals surface area contributed by atoms with Gasteiger partial charge in [0.1, 0.15) is 30.5 Å². The topological polar surface area (TPSA) is 201 Å². The lowest BCUT2D eigenvalue weighted by molar-refractivity contribution is -0.507. The van der Waals surface area contributed by atoms with E-state index >= 15 is 0 Å². The second kappa shape index (κ2) is 23.8. The maximum atomic E-state index is 12.1. The monoisotopic (exact) mass is 981 g/mol. The maximum absolute atomic E-state index is 12.1. The molecule has 0 fully saturated rings. The molecular weight excluding hydrogens is 923 g/mol. The van der Waals surface area contributed by atoms with E-state index in [1.807, 2.05) is 83.1 Å². The number of rotatable bonds is 16. The van der Waals surface area contributed by atoms with Gasteiger partial charge in [-0.25, -0.2) is 34.8 Å². The molecule has 0 bridgehead atoms. The molecule has 3 N–H and O–H groups in total. The molecule has 8 aromatic rings. The molecule has 0 radical (unpaired) electrons. The molecule has 0 aliphatic heterocycles. The van der Waals surface area contributed by atoms with Crippen molar-refractivity contribution in [2.24, 2.45) is 0 Å². The zero-order valence-corrected chi connectivity index (χ0v) is 42.7. The fourth-order valence-electron chi connectivity index (χ4n) is 7.96. The van der Waals surface area contributed by atoms with Crippen LogP contribution in [0.2, 0.25) is 0 Å². The molecule has 15 heteroatoms. The molecule has 0 saturated carbocycles. The SMILES string of the molecule is CC(=O)COOOCCNC(=O)COc1ccc(-c2nc(-c3ccc(C)cc3C)nc(-c3ccc(C)cc3C)n2)c(O)c1.Cc1ccc(-c2nc(-c3ccc(C)cc3C)nc(-c3ccc(C)cc3O)n2)c(C)c1. The Morgan fingerprint density at radius 2 is 0.781 bits per heavy atom. The molecule has 2 heterocycles. The average Bonchev–Trinajstić information content (AvgIpc) is 3.33. The van der Waals surface area contributed by atoms with E-state index < -0.39 is 5.91 Å². The van der Waals surface area contributed by atoms with Crippen LogP contribution < -0.4 is 10.1 Å². The first kappa shape index (κ1) is 52.6. The van der Waals surface area contributed by atoms with Crippen LogP contribution in [0.1, 0.15) is 57.0 Å². The van der Waals surface area contributed by atoms with Crippen LogP contribution in [0.5, 0.6) is 17.2 Å². The van der Waals surface area contributed by atoms with Gasteiger partial charge in [0, 0.05) is 34.9 Å². The minimum atomic E-state index is -0.412. The third kappa shape index (κ3) is 13.8. The number of ketones is 1. The lowest BCUT2D eigenvalue weighted by Gasteiger charge is -2.13. The van der Waals surface area contributed by atoms with Gasteiger partial charge in [0.2, 0.25) is 0 Å². The predicted molar refractivity (Wildman–Crippen MR) is 280 cm³/mol. The number of ether oxygens (including phenoxy) is 1. The molecule has 0 saturated heterocycles. The van der Waals surface area contributed by atoms with Crippen LogP contribution in [0.15, 0.2) is 109 Å². The number of amides is 1. The van der Waals surface area contributed by atoms with E-state index in [2.05, 4.69) is 84.2 Å². The number of aromatic hydroxyl groups is 2. The normalized spacial score (nSPS) is 10.9. The molecule has 374 valence electrons. The highest BCUT2D eigenvalue weighted by atomic mass is 17.5. The van der Waals surface area contributed by atoms with Gasteiger partial charge in [0.05, 0.1) is 11.1 Å². The van der Waals surface area contributed by atoms with Gasteiger partial charge in [-0.1, -0.05) is 106 Å². The zero-order valence-electron chi connectivity index (χ0n) is 42.7. The Balaban J connectivity index is 0.000000227. The van der Waals surface area contributed by atoms with E-state index in [4.69, 9.17) is 34.6 Å². The Morgan fingerprint density at radius 1 is 0.438 bits per heavy atom. The Bertz CT molecular complexity index is 3080. The molecular formula is C58H59N7O8. The number of nitrogens with zero attached hydrogens (tertiary/aromatic N) is 6. The lowest BCUT2D eigenvalue weighted by atomic mass is 10.0. The molecule has 6 aromatic carbocycles. The summed E-state index contributed by atoms with van der Waals surface area (Å²) in [6, 6.07) is 34.8. The third-order valence-electron chi connectivity index (χ3n) is 11.6. The van der Waals surface area contributed by atoms with Crippen LogP contribution in [-0.2, 0) is 24.4 Å². The van der Waals surface area contributed by atoms with Crippen molar-refractivity contribution in [2.75, 3.05) is 26.4 Å². The van der Waals surface area contributed by atoms with E-state index in [9.17, 15) is 19.8 Å². The number of Topliss-reactive ketones (excluding diaryl/α,β-unsaturated/α-hetero) is 1. The van der Waals surface area contributed by atoms with E-state index in [0.717, 1.165) is 61.2 Å². The second-order valence-electron chi connectivity index (χ2n) is 18.1. The molecule has 15 nitrogen and oxygen atoms in total. The summed E-state index contributed by atoms with van der Waals surface area (Å²) in [6.45, 7) is 19.2. The number of benzene rings is 6. The van der Waals surface area contributed by atoms with Crippen LogP contribution in [0, 0.1) is 62.3 Å². The number of phenolic OH excluding ortho intramolecular Hbond substituents is 2. The van der Waals surface area contributed by atoms with Crippen molar-refractivity contribution in [3.63, 3.8) is 0 Å². The molecule has 73 heavy (non-hydrogen) atoms. The first-order valence-corrected chi connectivity index (χ1v) is 23.7. The average molecular weight is 982 g/mol. The number of carbonyl (C=O) groups excluding carboxylic acids is 2. The molecule has 0 spiro atoms. The van der Waals surface area contributed by atoms with Crippen molar-refractivity contribution in [1.29, 1.82) is 0 Å². The minimum absolute atomic E-state index is 0.000729. The third-order valence-corrected chi connectivity index (χ3v) is 11.6. The highest BCUT2D eigenvalue weighted by Crippen LogP contribution is 2.35. The van der Waals surface area contributed by atoms with Gasteiger partial charge < -0.3 is 20.3 Å². The summed E-state index contributed by atoms with van der Waals surface area (Å²) in [5.74, 6) is 2.67. The Labute approximate surface area is 425 Å². The highest BCUT2D eigenvalue weighted by Gasteiger charge is 2.20. The quantitative estimate of drug-likeness (QED) is 0.0469. The number of hydrogen-bond acceptors (Lipinski definition) is 14. The molecule has 0 unspecified atom stereocenters. The van der Waals surface area contributed by atoms with Crippen molar-refractivity contribution in [3.8, 4) is 85.6 Å².